The molecular weight excluding hydrogens is 556 g/mol. The number of rotatable bonds is 8. The minimum atomic E-state index is -0.467. The summed E-state index contributed by atoms with van der Waals surface area (Å²) in [5.41, 5.74) is 4.79. The van der Waals surface area contributed by atoms with Crippen molar-refractivity contribution in [2.75, 3.05) is 6.61 Å². The maximum atomic E-state index is 12.5. The third kappa shape index (κ3) is 5.79. The molecule has 0 aliphatic rings. The molecule has 0 bridgehead atoms. The van der Waals surface area contributed by atoms with Crippen LogP contribution in [0.2, 0.25) is 5.02 Å². The molecule has 186 valence electrons. The van der Waals surface area contributed by atoms with Gasteiger partial charge in [-0.1, -0.05) is 48.0 Å². The SMILES string of the molecule is CCOc1ccc2oc(C(=O)N/N=C/c3cc(Cl)c(OCc4ccc5ccccc5c4)c(Br)c3)cc2c1. The number of hydrogen-bond acceptors (Lipinski definition) is 5. The number of furan rings is 1. The van der Waals surface area contributed by atoms with E-state index >= 15 is 0 Å². The Bertz CT molecular complexity index is 1610. The summed E-state index contributed by atoms with van der Waals surface area (Å²) in [6.07, 6.45) is 1.50. The number of benzene rings is 4. The standard InChI is InChI=1S/C29H22BrClN2O4/c1-2-35-23-9-10-26-22(14-23)15-27(37-26)29(34)33-32-16-19-12-24(30)28(25(31)13-19)36-17-18-7-8-20-5-3-4-6-21(20)11-18/h3-16H,2,17H2,1H3,(H,33,34)/b32-16+. The lowest BCUT2D eigenvalue weighted by Crippen LogP contribution is -2.16. The second kappa shape index (κ2) is 11.1. The van der Waals surface area contributed by atoms with Gasteiger partial charge in [-0.3, -0.25) is 4.79 Å². The van der Waals surface area contributed by atoms with E-state index in [0.717, 1.165) is 16.3 Å². The van der Waals surface area contributed by atoms with E-state index in [1.54, 1.807) is 24.3 Å². The van der Waals surface area contributed by atoms with Gasteiger partial charge >= 0.3 is 5.91 Å². The largest absolute Gasteiger partial charge is 0.494 e. The van der Waals surface area contributed by atoms with Crippen LogP contribution in [-0.4, -0.2) is 18.7 Å². The number of nitrogens with zero attached hydrogens (tertiary/aromatic N) is 1. The Morgan fingerprint density at radius 1 is 1.00 bits per heavy atom. The minimum absolute atomic E-state index is 0.150. The van der Waals surface area contributed by atoms with Gasteiger partial charge in [-0.2, -0.15) is 5.10 Å². The molecule has 6 nitrogen and oxygen atoms in total. The first-order valence-electron chi connectivity index (χ1n) is 11.6. The van der Waals surface area contributed by atoms with E-state index < -0.39 is 5.91 Å². The fourth-order valence-corrected chi connectivity index (χ4v) is 4.88. The van der Waals surface area contributed by atoms with Gasteiger partial charge in [0.25, 0.3) is 0 Å². The van der Waals surface area contributed by atoms with Crippen molar-refractivity contribution in [2.24, 2.45) is 5.10 Å². The smallest absolute Gasteiger partial charge is 0.307 e. The van der Waals surface area contributed by atoms with Crippen molar-refractivity contribution in [3.8, 4) is 11.5 Å². The number of nitrogens with one attached hydrogen (secondary N) is 1. The second-order valence-electron chi connectivity index (χ2n) is 8.23. The van der Waals surface area contributed by atoms with Gasteiger partial charge < -0.3 is 13.9 Å². The summed E-state index contributed by atoms with van der Waals surface area (Å²) in [5.74, 6) is 0.931. The molecule has 37 heavy (non-hydrogen) atoms. The first-order valence-corrected chi connectivity index (χ1v) is 12.8. The number of hydrazone groups is 1. The van der Waals surface area contributed by atoms with Gasteiger partial charge in [0.1, 0.15) is 17.9 Å². The van der Waals surface area contributed by atoms with E-state index in [-0.39, 0.29) is 5.76 Å². The number of amides is 1. The van der Waals surface area contributed by atoms with Crippen LogP contribution in [0.3, 0.4) is 0 Å². The fourth-order valence-electron chi connectivity index (χ4n) is 3.89. The van der Waals surface area contributed by atoms with Crippen molar-refractivity contribution in [3.63, 3.8) is 0 Å². The van der Waals surface area contributed by atoms with Gasteiger partial charge in [0.05, 0.1) is 22.3 Å². The van der Waals surface area contributed by atoms with Crippen LogP contribution in [0.4, 0.5) is 0 Å². The highest BCUT2D eigenvalue weighted by Crippen LogP contribution is 2.35. The topological polar surface area (TPSA) is 73.1 Å². The molecule has 1 N–H and O–H groups in total. The van der Waals surface area contributed by atoms with Crippen LogP contribution in [-0.2, 0) is 6.61 Å². The zero-order chi connectivity index (χ0) is 25.8. The van der Waals surface area contributed by atoms with Crippen molar-refractivity contribution in [3.05, 3.63) is 105 Å². The van der Waals surface area contributed by atoms with Crippen molar-refractivity contribution in [2.45, 2.75) is 13.5 Å². The molecule has 8 heteroatoms. The molecule has 1 aromatic heterocycles. The highest BCUT2D eigenvalue weighted by Gasteiger charge is 2.13. The Morgan fingerprint density at radius 2 is 1.84 bits per heavy atom. The average molecular weight is 578 g/mol. The van der Waals surface area contributed by atoms with E-state index in [4.69, 9.17) is 25.5 Å². The van der Waals surface area contributed by atoms with Crippen molar-refractivity contribution >= 4 is 61.4 Å². The molecule has 1 heterocycles. The van der Waals surface area contributed by atoms with Gasteiger partial charge in [0.15, 0.2) is 11.5 Å². The Labute approximate surface area is 227 Å². The van der Waals surface area contributed by atoms with Crippen LogP contribution < -0.4 is 14.9 Å². The highest BCUT2D eigenvalue weighted by atomic mass is 79.9. The molecule has 0 unspecified atom stereocenters. The molecule has 1 amide bonds. The quantitative estimate of drug-likeness (QED) is 0.151. The lowest BCUT2D eigenvalue weighted by Gasteiger charge is -2.11. The van der Waals surface area contributed by atoms with Gasteiger partial charge in [0, 0.05) is 5.39 Å². The summed E-state index contributed by atoms with van der Waals surface area (Å²) in [7, 11) is 0. The van der Waals surface area contributed by atoms with Gasteiger partial charge in [-0.15, -0.1) is 0 Å². The number of hydrogen-bond donors (Lipinski definition) is 1. The maximum absolute atomic E-state index is 12.5. The van der Waals surface area contributed by atoms with E-state index in [1.807, 2.05) is 37.3 Å². The predicted octanol–water partition coefficient (Wildman–Crippen LogP) is 7.74. The number of halogens is 2. The monoisotopic (exact) mass is 576 g/mol. The molecule has 0 aliphatic heterocycles. The number of ether oxygens (including phenoxy) is 2. The fraction of sp³-hybridized carbons (Fsp3) is 0.103. The molecule has 0 fully saturated rings. The molecule has 0 aliphatic carbocycles. The van der Waals surface area contributed by atoms with E-state index in [0.29, 0.717) is 45.4 Å². The van der Waals surface area contributed by atoms with Gasteiger partial charge in [0.2, 0.25) is 0 Å². The predicted molar refractivity (Wildman–Crippen MR) is 150 cm³/mol. The Balaban J connectivity index is 1.23. The van der Waals surface area contributed by atoms with Crippen LogP contribution in [0.5, 0.6) is 11.5 Å². The Kier molecular flexibility index (Phi) is 7.44. The van der Waals surface area contributed by atoms with Crippen molar-refractivity contribution < 1.29 is 18.7 Å². The Morgan fingerprint density at radius 3 is 2.65 bits per heavy atom. The zero-order valence-corrected chi connectivity index (χ0v) is 22.2. The summed E-state index contributed by atoms with van der Waals surface area (Å²) < 4.78 is 17.8. The molecule has 5 aromatic rings. The first-order chi connectivity index (χ1) is 18.0. The molecular formula is C29H22BrClN2O4. The van der Waals surface area contributed by atoms with E-state index in [2.05, 4.69) is 50.7 Å². The molecule has 0 atom stereocenters. The summed E-state index contributed by atoms with van der Waals surface area (Å²) in [6, 6.07) is 24.9. The average Bonchev–Trinajstić information content (AvgIpc) is 3.32. The number of carbonyl (C=O) groups is 1. The highest BCUT2D eigenvalue weighted by molar-refractivity contribution is 9.10. The van der Waals surface area contributed by atoms with Crippen molar-refractivity contribution in [1.82, 2.24) is 5.43 Å². The van der Waals surface area contributed by atoms with E-state index in [9.17, 15) is 4.79 Å². The van der Waals surface area contributed by atoms with E-state index in [1.165, 1.54) is 11.6 Å². The lowest BCUT2D eigenvalue weighted by molar-refractivity contribution is 0.0929. The van der Waals surface area contributed by atoms with Crippen LogP contribution in [0.15, 0.2) is 92.9 Å². The lowest BCUT2D eigenvalue weighted by atomic mass is 10.1. The summed E-state index contributed by atoms with van der Waals surface area (Å²) in [4.78, 5) is 12.5. The minimum Gasteiger partial charge on any atom is -0.494 e. The zero-order valence-electron chi connectivity index (χ0n) is 19.8. The third-order valence-corrected chi connectivity index (χ3v) is 6.49. The van der Waals surface area contributed by atoms with Crippen molar-refractivity contribution in [1.29, 1.82) is 0 Å². The van der Waals surface area contributed by atoms with Gasteiger partial charge in [-0.25, -0.2) is 5.43 Å². The van der Waals surface area contributed by atoms with Gasteiger partial charge in [-0.05, 0) is 87.2 Å². The molecule has 0 saturated carbocycles. The second-order valence-corrected chi connectivity index (χ2v) is 9.49. The molecule has 0 saturated heterocycles. The Hall–Kier alpha value is -3.81. The molecule has 5 rings (SSSR count). The van der Waals surface area contributed by atoms with Crippen LogP contribution in [0.1, 0.15) is 28.6 Å². The third-order valence-electron chi connectivity index (χ3n) is 5.62. The molecule has 4 aromatic carbocycles. The molecule has 0 radical (unpaired) electrons. The summed E-state index contributed by atoms with van der Waals surface area (Å²) in [6.45, 7) is 2.84. The first kappa shape index (κ1) is 24.9. The molecule has 0 spiro atoms. The summed E-state index contributed by atoms with van der Waals surface area (Å²) in [5, 5.41) is 7.57. The van der Waals surface area contributed by atoms with Crippen LogP contribution in [0, 0.1) is 0 Å². The maximum Gasteiger partial charge on any atom is 0.307 e. The summed E-state index contributed by atoms with van der Waals surface area (Å²) >= 11 is 10.0. The van der Waals surface area contributed by atoms with Crippen LogP contribution >= 0.6 is 27.5 Å². The number of fused-ring (bicyclic) bond motifs is 2. The normalized spacial score (nSPS) is 11.3. The number of carbonyl (C=O) groups excluding carboxylic acids is 1. The van der Waals surface area contributed by atoms with Crippen LogP contribution in [0.25, 0.3) is 21.7 Å².